The van der Waals surface area contributed by atoms with Crippen LogP contribution in [0.1, 0.15) is 76.6 Å². The van der Waals surface area contributed by atoms with Crippen LogP contribution in [-0.2, 0) is 25.9 Å². The molecule has 3 aliphatic carbocycles. The summed E-state index contributed by atoms with van der Waals surface area (Å²) in [4.78, 5) is 42.5. The van der Waals surface area contributed by atoms with E-state index in [2.05, 4.69) is 32.3 Å². The molecule has 1 aliphatic heterocycles. The Hall–Kier alpha value is -2.30. The normalized spacial score (nSPS) is 39.4. The summed E-state index contributed by atoms with van der Waals surface area (Å²) >= 11 is 0. The van der Waals surface area contributed by atoms with E-state index in [-0.39, 0.29) is 46.0 Å². The fourth-order valence-corrected chi connectivity index (χ4v) is 10.2. The molecule has 0 spiro atoms. The van der Waals surface area contributed by atoms with Gasteiger partial charge >= 0.3 is 5.97 Å². The summed E-state index contributed by atoms with van der Waals surface area (Å²) in [5.41, 5.74) is -2.27. The van der Waals surface area contributed by atoms with Gasteiger partial charge in [0, 0.05) is 61.3 Å². The van der Waals surface area contributed by atoms with Crippen LogP contribution in [0.5, 0.6) is 0 Å². The molecule has 3 saturated carbocycles. The molecule has 2 bridgehead atoms. The van der Waals surface area contributed by atoms with Crippen molar-refractivity contribution in [2.75, 3.05) is 31.1 Å². The Kier molecular flexibility index (Phi) is 8.64. The number of aliphatic hydroxyl groups excluding tert-OH is 1. The summed E-state index contributed by atoms with van der Waals surface area (Å²) in [5, 5.41) is 11.7. The van der Waals surface area contributed by atoms with Crippen LogP contribution in [0.3, 0.4) is 0 Å². The maximum Gasteiger partial charge on any atom is 0.343 e. The number of ether oxygens (including phenoxy) is 1. The minimum Gasteiger partial charge on any atom is -0.458 e. The lowest BCUT2D eigenvalue weighted by atomic mass is 9.44. The molecule has 2 unspecified atom stereocenters. The van der Waals surface area contributed by atoms with Crippen molar-refractivity contribution in [2.45, 2.75) is 85.0 Å². The molecule has 1 N–H and O–H groups in total. The predicted octanol–water partition coefficient (Wildman–Crippen LogP) is 3.49. The molecule has 1 aromatic heterocycles. The Morgan fingerprint density at radius 3 is 2.53 bits per heavy atom. The Bertz CT molecular complexity index is 1420. The van der Waals surface area contributed by atoms with E-state index in [0.29, 0.717) is 32.5 Å². The van der Waals surface area contributed by atoms with Gasteiger partial charge in [-0.1, -0.05) is 33.8 Å². The Morgan fingerprint density at radius 1 is 1.16 bits per heavy atom. The lowest BCUT2D eigenvalue weighted by Gasteiger charge is -2.61. The van der Waals surface area contributed by atoms with Crippen molar-refractivity contribution in [3.63, 3.8) is 0 Å². The van der Waals surface area contributed by atoms with Crippen LogP contribution in [0.15, 0.2) is 35.9 Å². The number of aromatic nitrogens is 1. The first-order chi connectivity index (χ1) is 20.2. The first-order valence-corrected chi connectivity index (χ1v) is 17.7. The summed E-state index contributed by atoms with van der Waals surface area (Å²) in [6.45, 7) is 14.6. The molecule has 4 aliphatic rings. The molecule has 0 amide bonds. The van der Waals surface area contributed by atoms with Gasteiger partial charge in [-0.15, -0.1) is 6.58 Å². The number of esters is 1. The van der Waals surface area contributed by atoms with Crippen LogP contribution in [0.2, 0.25) is 0 Å². The topological polar surface area (TPSA) is 123 Å². The van der Waals surface area contributed by atoms with Crippen LogP contribution in [0, 0.1) is 34.0 Å². The number of rotatable bonds is 7. The lowest BCUT2D eigenvalue weighted by molar-refractivity contribution is -0.192. The fourth-order valence-electron chi connectivity index (χ4n) is 8.96. The monoisotopic (exact) mass is 616 g/mol. The molecule has 5 rings (SSSR count). The van der Waals surface area contributed by atoms with Gasteiger partial charge in [0.1, 0.15) is 17.5 Å². The molecule has 9 nitrogen and oxygen atoms in total. The molecule has 1 aromatic rings. The molecule has 0 radical (unpaired) electrons. The summed E-state index contributed by atoms with van der Waals surface area (Å²) in [6.07, 6.45) is 7.44. The number of hydrogen-bond acceptors (Lipinski definition) is 8. The highest BCUT2D eigenvalue weighted by Gasteiger charge is 2.68. The van der Waals surface area contributed by atoms with Crippen LogP contribution in [-0.4, -0.2) is 78.1 Å². The van der Waals surface area contributed by atoms with Gasteiger partial charge in [0.25, 0.3) is 0 Å². The number of Topliss-reactive ketones (excluding diaryl/α,β-unsaturated/α-hetero) is 1. The van der Waals surface area contributed by atoms with Crippen LogP contribution < -0.4 is 5.43 Å². The molecule has 1 saturated heterocycles. The lowest BCUT2D eigenvalue weighted by Crippen LogP contribution is -2.63. The molecule has 43 heavy (non-hydrogen) atoms. The molecular weight excluding hydrogens is 568 g/mol. The van der Waals surface area contributed by atoms with Gasteiger partial charge in [-0.2, -0.15) is 0 Å². The van der Waals surface area contributed by atoms with E-state index < -0.39 is 44.3 Å². The molecule has 2 heterocycles. The van der Waals surface area contributed by atoms with E-state index in [4.69, 9.17) is 4.74 Å². The van der Waals surface area contributed by atoms with Crippen molar-refractivity contribution < 1.29 is 27.9 Å². The summed E-state index contributed by atoms with van der Waals surface area (Å²) in [7, 11) is -2.94. The van der Waals surface area contributed by atoms with E-state index >= 15 is 0 Å². The van der Waals surface area contributed by atoms with E-state index in [9.17, 15) is 27.9 Å². The number of hydrogen-bond donors (Lipinski definition) is 1. The Balaban J connectivity index is 1.40. The standard InChI is InChI=1S/C33H48N2O7S/c1-6-31(4)20-27(32(5)22(2)8-11-33(23(3)29(31)38)12-9-26(37)28(32)33)42-30(39)24-21-35(15-10-25(24)36)14-7-13-34-16-18-43(40,41)19-17-34/h6,10,15,21-23,27-29,38H,1,7-9,11-14,16-20H2,2-5H3/t22?,23-,27+,28?,29-,31+,32-,33-/m0/s1. The molecule has 4 fully saturated rings. The van der Waals surface area contributed by atoms with Crippen molar-refractivity contribution in [3.05, 3.63) is 46.9 Å². The van der Waals surface area contributed by atoms with E-state index in [1.807, 2.05) is 6.92 Å². The fraction of sp³-hybridized carbons (Fsp3) is 0.727. The molecule has 238 valence electrons. The zero-order valence-electron chi connectivity index (χ0n) is 26.1. The first-order valence-electron chi connectivity index (χ1n) is 15.8. The highest BCUT2D eigenvalue weighted by Crippen LogP contribution is 2.68. The molecule has 10 heteroatoms. The van der Waals surface area contributed by atoms with E-state index in [1.165, 1.54) is 12.3 Å². The van der Waals surface area contributed by atoms with Crippen molar-refractivity contribution in [1.29, 1.82) is 0 Å². The molecular formula is C33H48N2O7S. The smallest absolute Gasteiger partial charge is 0.343 e. The van der Waals surface area contributed by atoms with Gasteiger partial charge in [0.05, 0.1) is 17.6 Å². The summed E-state index contributed by atoms with van der Waals surface area (Å²) in [5.74, 6) is -0.537. The third kappa shape index (κ3) is 5.56. The highest BCUT2D eigenvalue weighted by molar-refractivity contribution is 7.91. The minimum absolute atomic E-state index is 0.0566. The number of carbonyl (C=O) groups excluding carboxylic acids is 2. The first kappa shape index (κ1) is 32.1. The van der Waals surface area contributed by atoms with Crippen LogP contribution in [0.25, 0.3) is 0 Å². The van der Waals surface area contributed by atoms with Crippen molar-refractivity contribution in [3.8, 4) is 0 Å². The van der Waals surface area contributed by atoms with Gasteiger partial charge < -0.3 is 19.3 Å². The Morgan fingerprint density at radius 2 is 1.86 bits per heavy atom. The van der Waals surface area contributed by atoms with Crippen molar-refractivity contribution in [1.82, 2.24) is 9.47 Å². The van der Waals surface area contributed by atoms with Gasteiger partial charge in [-0.25, -0.2) is 13.2 Å². The zero-order valence-corrected chi connectivity index (χ0v) is 26.9. The Labute approximate surface area is 255 Å². The number of aliphatic hydroxyl groups is 1. The third-order valence-corrected chi connectivity index (χ3v) is 13.7. The van der Waals surface area contributed by atoms with Gasteiger partial charge in [-0.3, -0.25) is 9.59 Å². The van der Waals surface area contributed by atoms with E-state index in [1.54, 1.807) is 16.8 Å². The molecule has 0 aromatic carbocycles. The largest absolute Gasteiger partial charge is 0.458 e. The second-order valence-electron chi connectivity index (χ2n) is 14.3. The van der Waals surface area contributed by atoms with Gasteiger partial charge in [-0.05, 0) is 55.9 Å². The zero-order chi connectivity index (χ0) is 31.4. The SMILES string of the molecule is C=C[C@]1(C)C[C@@H](OC(=O)c2cn(CCCN3CCS(=O)(=O)CC3)ccc2=O)[C@]2(C)C(C)CC[C@]3(CCC(=O)C32)[C@@H](C)[C@@H]1O. The summed E-state index contributed by atoms with van der Waals surface area (Å²) in [6, 6.07) is 1.37. The van der Waals surface area contributed by atoms with Crippen LogP contribution in [0.4, 0.5) is 0 Å². The van der Waals surface area contributed by atoms with E-state index in [0.717, 1.165) is 32.2 Å². The number of ketones is 1. The number of sulfone groups is 1. The molecule has 8 atom stereocenters. The quantitative estimate of drug-likeness (QED) is 0.365. The average molecular weight is 617 g/mol. The second-order valence-corrected chi connectivity index (χ2v) is 16.6. The number of nitrogens with zero attached hydrogens (tertiary/aromatic N) is 2. The number of aryl methyl sites for hydroxylation is 1. The average Bonchev–Trinajstić information content (AvgIpc) is 3.33. The highest BCUT2D eigenvalue weighted by atomic mass is 32.2. The third-order valence-electron chi connectivity index (χ3n) is 12.1. The van der Waals surface area contributed by atoms with Gasteiger partial charge in [0.15, 0.2) is 15.3 Å². The maximum absolute atomic E-state index is 13.8. The van der Waals surface area contributed by atoms with Crippen molar-refractivity contribution >= 4 is 21.6 Å². The summed E-state index contributed by atoms with van der Waals surface area (Å²) < 4.78 is 31.6. The maximum atomic E-state index is 13.8. The number of carbonyl (C=O) groups is 2. The number of pyridine rings is 1. The van der Waals surface area contributed by atoms with Crippen LogP contribution >= 0.6 is 0 Å². The van der Waals surface area contributed by atoms with Gasteiger partial charge in [0.2, 0.25) is 0 Å². The minimum atomic E-state index is -2.94. The van der Waals surface area contributed by atoms with Crippen molar-refractivity contribution in [2.24, 2.45) is 34.0 Å². The predicted molar refractivity (Wildman–Crippen MR) is 164 cm³/mol. The second kappa shape index (κ2) is 11.6.